The third-order valence-corrected chi connectivity index (χ3v) is 4.11. The van der Waals surface area contributed by atoms with Gasteiger partial charge in [0.25, 0.3) is 6.43 Å². The number of piperazine rings is 1. The number of benzene rings is 1. The fourth-order valence-electron chi connectivity index (χ4n) is 2.97. The van der Waals surface area contributed by atoms with Crippen molar-refractivity contribution in [2.75, 3.05) is 26.2 Å². The molecule has 1 aromatic rings. The van der Waals surface area contributed by atoms with Crippen molar-refractivity contribution >= 4 is 5.97 Å². The van der Waals surface area contributed by atoms with Gasteiger partial charge in [-0.3, -0.25) is 9.80 Å². The summed E-state index contributed by atoms with van der Waals surface area (Å²) in [6, 6.07) is 7.02. The van der Waals surface area contributed by atoms with Crippen molar-refractivity contribution in [2.45, 2.75) is 32.4 Å². The van der Waals surface area contributed by atoms with Crippen molar-refractivity contribution in [1.82, 2.24) is 9.80 Å². The maximum absolute atomic E-state index is 12.6. The van der Waals surface area contributed by atoms with Crippen molar-refractivity contribution < 1.29 is 18.7 Å². The highest BCUT2D eigenvalue weighted by atomic mass is 19.3. The van der Waals surface area contributed by atoms with Crippen LogP contribution in [0, 0.1) is 0 Å². The molecule has 6 heteroatoms. The molecule has 0 amide bonds. The van der Waals surface area contributed by atoms with Crippen LogP contribution in [-0.4, -0.2) is 59.5 Å². The van der Waals surface area contributed by atoms with Crippen LogP contribution in [0.15, 0.2) is 24.3 Å². The number of carbonyl (C=O) groups is 1. The van der Waals surface area contributed by atoms with E-state index in [-0.39, 0.29) is 18.2 Å². The van der Waals surface area contributed by atoms with E-state index in [1.165, 1.54) is 0 Å². The zero-order valence-electron chi connectivity index (χ0n) is 12.7. The van der Waals surface area contributed by atoms with Crippen LogP contribution in [0.3, 0.4) is 0 Å². The first-order valence-electron chi connectivity index (χ1n) is 7.56. The molecule has 122 valence electrons. The van der Waals surface area contributed by atoms with E-state index in [1.807, 2.05) is 17.9 Å². The summed E-state index contributed by atoms with van der Waals surface area (Å²) in [5.74, 6) is -0.935. The average molecular weight is 312 g/mol. The standard InChI is InChI=1S/C16H22F2N2O2/c1-2-14-10-19(6-7-20(14)11-15(17)18)9-12-4-3-5-13(8-12)16(21)22/h3-5,8,14-15H,2,6-7,9-11H2,1H3,(H,21,22). The summed E-state index contributed by atoms with van der Waals surface area (Å²) in [4.78, 5) is 15.1. The number of rotatable bonds is 6. The Labute approximate surface area is 129 Å². The monoisotopic (exact) mass is 312 g/mol. The Kier molecular flexibility index (Phi) is 5.85. The lowest BCUT2D eigenvalue weighted by atomic mass is 10.1. The van der Waals surface area contributed by atoms with Crippen molar-refractivity contribution in [3.8, 4) is 0 Å². The first kappa shape index (κ1) is 16.8. The number of carboxylic acids is 1. The molecule has 1 aliphatic rings. The smallest absolute Gasteiger partial charge is 0.335 e. The second-order valence-electron chi connectivity index (χ2n) is 5.69. The molecular formula is C16H22F2N2O2. The summed E-state index contributed by atoms with van der Waals surface area (Å²) in [5.41, 5.74) is 1.22. The maximum Gasteiger partial charge on any atom is 0.335 e. The fourth-order valence-corrected chi connectivity index (χ4v) is 2.97. The highest BCUT2D eigenvalue weighted by Crippen LogP contribution is 2.17. The minimum absolute atomic E-state index is 0.130. The predicted molar refractivity (Wildman–Crippen MR) is 80.3 cm³/mol. The molecule has 1 fully saturated rings. The number of hydrogen-bond donors (Lipinski definition) is 1. The molecule has 22 heavy (non-hydrogen) atoms. The first-order chi connectivity index (χ1) is 10.5. The molecule has 2 rings (SSSR count). The molecule has 1 aromatic carbocycles. The van der Waals surface area contributed by atoms with Crippen LogP contribution in [-0.2, 0) is 6.54 Å². The Bertz CT molecular complexity index is 511. The minimum atomic E-state index is -2.30. The molecule has 0 radical (unpaired) electrons. The largest absolute Gasteiger partial charge is 0.478 e. The van der Waals surface area contributed by atoms with Gasteiger partial charge in [0, 0.05) is 32.2 Å². The summed E-state index contributed by atoms with van der Waals surface area (Å²) < 4.78 is 25.2. The third kappa shape index (κ3) is 4.48. The highest BCUT2D eigenvalue weighted by molar-refractivity contribution is 5.87. The quantitative estimate of drug-likeness (QED) is 0.877. The van der Waals surface area contributed by atoms with E-state index in [1.54, 1.807) is 18.2 Å². The van der Waals surface area contributed by atoms with Gasteiger partial charge in [-0.05, 0) is 24.1 Å². The predicted octanol–water partition coefficient (Wildman–Crippen LogP) is 2.55. The molecule has 1 N–H and O–H groups in total. The van der Waals surface area contributed by atoms with E-state index in [0.29, 0.717) is 13.1 Å². The van der Waals surface area contributed by atoms with Gasteiger partial charge in [-0.15, -0.1) is 0 Å². The van der Waals surface area contributed by atoms with E-state index in [0.717, 1.165) is 25.1 Å². The fraction of sp³-hybridized carbons (Fsp3) is 0.562. The van der Waals surface area contributed by atoms with Crippen LogP contribution in [0.1, 0.15) is 29.3 Å². The van der Waals surface area contributed by atoms with Crippen LogP contribution in [0.4, 0.5) is 8.78 Å². The number of alkyl halides is 2. The van der Waals surface area contributed by atoms with E-state index in [2.05, 4.69) is 4.90 Å². The Morgan fingerprint density at radius 2 is 2.18 bits per heavy atom. The number of carboxylic acid groups (broad SMARTS) is 1. The van der Waals surface area contributed by atoms with Crippen LogP contribution < -0.4 is 0 Å². The topological polar surface area (TPSA) is 43.8 Å². The second kappa shape index (κ2) is 7.65. The van der Waals surface area contributed by atoms with Crippen molar-refractivity contribution in [3.63, 3.8) is 0 Å². The summed E-state index contributed by atoms with van der Waals surface area (Å²) in [5, 5.41) is 9.02. The molecule has 0 spiro atoms. The molecule has 0 bridgehead atoms. The highest BCUT2D eigenvalue weighted by Gasteiger charge is 2.27. The lowest BCUT2D eigenvalue weighted by Crippen LogP contribution is -2.53. The van der Waals surface area contributed by atoms with Crippen LogP contribution in [0.25, 0.3) is 0 Å². The van der Waals surface area contributed by atoms with E-state index in [4.69, 9.17) is 5.11 Å². The zero-order valence-corrected chi connectivity index (χ0v) is 12.7. The number of nitrogens with zero attached hydrogens (tertiary/aromatic N) is 2. The van der Waals surface area contributed by atoms with Crippen molar-refractivity contribution in [1.29, 1.82) is 0 Å². The average Bonchev–Trinajstić information content (AvgIpc) is 2.48. The van der Waals surface area contributed by atoms with Crippen molar-refractivity contribution in [2.24, 2.45) is 0 Å². The molecule has 0 saturated carbocycles. The minimum Gasteiger partial charge on any atom is -0.478 e. The molecule has 0 aromatic heterocycles. The lowest BCUT2D eigenvalue weighted by Gasteiger charge is -2.41. The van der Waals surface area contributed by atoms with E-state index < -0.39 is 12.4 Å². The molecule has 1 heterocycles. The van der Waals surface area contributed by atoms with Crippen molar-refractivity contribution in [3.05, 3.63) is 35.4 Å². The van der Waals surface area contributed by atoms with E-state index >= 15 is 0 Å². The number of halogens is 2. The van der Waals surface area contributed by atoms with Gasteiger partial charge in [0.15, 0.2) is 0 Å². The Hall–Kier alpha value is -1.53. The Morgan fingerprint density at radius 3 is 2.82 bits per heavy atom. The molecule has 1 unspecified atom stereocenters. The maximum atomic E-state index is 12.6. The van der Waals surface area contributed by atoms with Gasteiger partial charge < -0.3 is 5.11 Å². The lowest BCUT2D eigenvalue weighted by molar-refractivity contribution is 0.0169. The molecular weight excluding hydrogens is 290 g/mol. The van der Waals surface area contributed by atoms with Gasteiger partial charge in [0.2, 0.25) is 0 Å². The summed E-state index contributed by atoms with van der Waals surface area (Å²) in [6.45, 7) is 4.58. The Morgan fingerprint density at radius 1 is 1.41 bits per heavy atom. The van der Waals surface area contributed by atoms with Crippen LogP contribution >= 0.6 is 0 Å². The molecule has 0 aliphatic carbocycles. The molecule has 1 atom stereocenters. The zero-order chi connectivity index (χ0) is 16.1. The van der Waals surface area contributed by atoms with Gasteiger partial charge in [0.1, 0.15) is 0 Å². The SMILES string of the molecule is CCC1CN(Cc2cccc(C(=O)O)c2)CCN1CC(F)F. The normalized spacial score (nSPS) is 20.5. The summed E-state index contributed by atoms with van der Waals surface area (Å²) in [7, 11) is 0. The van der Waals surface area contributed by atoms with Gasteiger partial charge in [0.05, 0.1) is 12.1 Å². The summed E-state index contributed by atoms with van der Waals surface area (Å²) >= 11 is 0. The number of aromatic carboxylic acids is 1. The van der Waals surface area contributed by atoms with Crippen LogP contribution in [0.5, 0.6) is 0 Å². The van der Waals surface area contributed by atoms with E-state index in [9.17, 15) is 13.6 Å². The molecule has 4 nitrogen and oxygen atoms in total. The second-order valence-corrected chi connectivity index (χ2v) is 5.69. The van der Waals surface area contributed by atoms with Gasteiger partial charge in [-0.2, -0.15) is 0 Å². The first-order valence-corrected chi connectivity index (χ1v) is 7.56. The number of hydrogen-bond acceptors (Lipinski definition) is 3. The molecule has 1 aliphatic heterocycles. The molecule has 1 saturated heterocycles. The van der Waals surface area contributed by atoms with Crippen LogP contribution in [0.2, 0.25) is 0 Å². The van der Waals surface area contributed by atoms with Gasteiger partial charge in [-0.25, -0.2) is 13.6 Å². The Balaban J connectivity index is 1.97. The van der Waals surface area contributed by atoms with Gasteiger partial charge in [-0.1, -0.05) is 19.1 Å². The third-order valence-electron chi connectivity index (χ3n) is 4.11. The summed E-state index contributed by atoms with van der Waals surface area (Å²) in [6.07, 6.45) is -1.47. The van der Waals surface area contributed by atoms with Gasteiger partial charge >= 0.3 is 5.97 Å².